The fourth-order valence-electron chi connectivity index (χ4n) is 3.68. The largest absolute Gasteiger partial charge is 0.456 e. The van der Waals surface area contributed by atoms with E-state index in [1.165, 1.54) is 10.6 Å². The van der Waals surface area contributed by atoms with Crippen LogP contribution in [0, 0.1) is 0 Å². The highest BCUT2D eigenvalue weighted by Gasteiger charge is 2.14. The maximum absolute atomic E-state index is 6.15. The molecular formula is C24H18BrNO. The first-order valence-corrected chi connectivity index (χ1v) is 9.92. The Morgan fingerprint density at radius 1 is 0.741 bits per heavy atom. The predicted molar refractivity (Wildman–Crippen MR) is 116 cm³/mol. The van der Waals surface area contributed by atoms with E-state index in [1.807, 2.05) is 6.07 Å². The van der Waals surface area contributed by atoms with E-state index in [1.54, 1.807) is 0 Å². The molecule has 0 unspecified atom stereocenters. The number of halogens is 1. The molecule has 1 aliphatic carbocycles. The summed E-state index contributed by atoms with van der Waals surface area (Å²) in [5.41, 5.74) is 5.25. The van der Waals surface area contributed by atoms with Gasteiger partial charge < -0.3 is 9.32 Å². The second kappa shape index (κ2) is 6.75. The SMILES string of the molecule is Brc1ccc(N(c2ccccc2)c2ccc3c4c(oc3c2)=CCCC=4)cc1. The quantitative estimate of drug-likeness (QED) is 0.406. The Bertz CT molecular complexity index is 1220. The average Bonchev–Trinajstić information content (AvgIpc) is 3.08. The molecule has 0 N–H and O–H groups in total. The summed E-state index contributed by atoms with van der Waals surface area (Å²) in [6.07, 6.45) is 6.61. The Morgan fingerprint density at radius 3 is 2.26 bits per heavy atom. The summed E-state index contributed by atoms with van der Waals surface area (Å²) in [6, 6.07) is 25.3. The van der Waals surface area contributed by atoms with Gasteiger partial charge in [-0.25, -0.2) is 0 Å². The lowest BCUT2D eigenvalue weighted by Crippen LogP contribution is -2.21. The number of rotatable bonds is 3. The highest BCUT2D eigenvalue weighted by molar-refractivity contribution is 9.10. The normalized spacial score (nSPS) is 12.9. The van der Waals surface area contributed by atoms with Crippen LogP contribution in [-0.4, -0.2) is 0 Å². The summed E-state index contributed by atoms with van der Waals surface area (Å²) in [4.78, 5) is 2.25. The Labute approximate surface area is 166 Å². The van der Waals surface area contributed by atoms with E-state index in [0.717, 1.165) is 45.4 Å². The summed E-state index contributed by atoms with van der Waals surface area (Å²) in [5.74, 6) is 0. The lowest BCUT2D eigenvalue weighted by atomic mass is 10.1. The van der Waals surface area contributed by atoms with Crippen LogP contribution in [0.25, 0.3) is 23.1 Å². The number of hydrogen-bond acceptors (Lipinski definition) is 2. The molecule has 5 rings (SSSR count). The van der Waals surface area contributed by atoms with Gasteiger partial charge in [-0.3, -0.25) is 0 Å². The van der Waals surface area contributed by atoms with E-state index in [-0.39, 0.29) is 0 Å². The number of anilines is 3. The summed E-state index contributed by atoms with van der Waals surface area (Å²) in [5, 5.41) is 2.42. The molecule has 0 saturated carbocycles. The van der Waals surface area contributed by atoms with Crippen LogP contribution in [0.15, 0.2) is 81.7 Å². The van der Waals surface area contributed by atoms with Crippen molar-refractivity contribution in [3.05, 3.63) is 87.9 Å². The van der Waals surface area contributed by atoms with Gasteiger partial charge in [0.1, 0.15) is 11.0 Å². The predicted octanol–water partition coefficient (Wildman–Crippen LogP) is 6.02. The molecule has 1 aromatic heterocycles. The molecule has 4 aromatic rings. The standard InChI is InChI=1S/C24H18BrNO/c25-17-10-12-19(13-11-17)26(18-6-2-1-3-7-18)20-14-15-22-21-8-4-5-9-23(21)27-24(22)16-20/h1-3,6-16H,4-5H2. The van der Waals surface area contributed by atoms with Gasteiger partial charge in [-0.05, 0) is 67.4 Å². The highest BCUT2D eigenvalue weighted by Crippen LogP contribution is 2.35. The van der Waals surface area contributed by atoms with Crippen molar-refractivity contribution in [3.63, 3.8) is 0 Å². The molecule has 0 saturated heterocycles. The van der Waals surface area contributed by atoms with Gasteiger partial charge in [0.15, 0.2) is 0 Å². The molecule has 0 bridgehead atoms. The van der Waals surface area contributed by atoms with Crippen molar-refractivity contribution in [3.8, 4) is 0 Å². The second-order valence-electron chi connectivity index (χ2n) is 6.69. The second-order valence-corrected chi connectivity index (χ2v) is 7.61. The van der Waals surface area contributed by atoms with Crippen molar-refractivity contribution in [2.75, 3.05) is 4.90 Å². The Kier molecular flexibility index (Phi) is 4.10. The Morgan fingerprint density at radius 2 is 1.44 bits per heavy atom. The van der Waals surface area contributed by atoms with Crippen LogP contribution in [0.4, 0.5) is 17.1 Å². The van der Waals surface area contributed by atoms with Gasteiger partial charge in [0.2, 0.25) is 0 Å². The molecule has 3 heteroatoms. The lowest BCUT2D eigenvalue weighted by molar-refractivity contribution is 0.572. The van der Waals surface area contributed by atoms with Gasteiger partial charge in [0, 0.05) is 38.2 Å². The minimum Gasteiger partial charge on any atom is -0.456 e. The highest BCUT2D eigenvalue weighted by atomic mass is 79.9. The summed E-state index contributed by atoms with van der Waals surface area (Å²) >= 11 is 3.53. The molecule has 0 fully saturated rings. The molecule has 0 spiro atoms. The van der Waals surface area contributed by atoms with E-state index >= 15 is 0 Å². The monoisotopic (exact) mass is 415 g/mol. The van der Waals surface area contributed by atoms with E-state index in [9.17, 15) is 0 Å². The van der Waals surface area contributed by atoms with Crippen molar-refractivity contribution in [2.24, 2.45) is 0 Å². The number of benzene rings is 3. The number of fused-ring (bicyclic) bond motifs is 3. The first-order valence-electron chi connectivity index (χ1n) is 9.13. The van der Waals surface area contributed by atoms with Gasteiger partial charge in [0.05, 0.1) is 0 Å². The maximum atomic E-state index is 6.15. The molecule has 132 valence electrons. The molecule has 0 amide bonds. The van der Waals surface area contributed by atoms with E-state index in [0.29, 0.717) is 0 Å². The first kappa shape index (κ1) is 16.4. The molecular weight excluding hydrogens is 398 g/mol. The van der Waals surface area contributed by atoms with Crippen LogP contribution < -0.4 is 15.5 Å². The number of para-hydroxylation sites is 1. The van der Waals surface area contributed by atoms with Crippen LogP contribution in [0.3, 0.4) is 0 Å². The van der Waals surface area contributed by atoms with Crippen molar-refractivity contribution < 1.29 is 4.42 Å². The minimum absolute atomic E-state index is 0.935. The summed E-state index contributed by atoms with van der Waals surface area (Å²) in [7, 11) is 0. The van der Waals surface area contributed by atoms with Crippen LogP contribution in [-0.2, 0) is 0 Å². The Balaban J connectivity index is 1.71. The van der Waals surface area contributed by atoms with Crippen LogP contribution in [0.1, 0.15) is 12.8 Å². The smallest absolute Gasteiger partial charge is 0.137 e. The van der Waals surface area contributed by atoms with Crippen molar-refractivity contribution in [2.45, 2.75) is 12.8 Å². The topological polar surface area (TPSA) is 16.4 Å². The average molecular weight is 416 g/mol. The van der Waals surface area contributed by atoms with Crippen molar-refractivity contribution in [1.29, 1.82) is 0 Å². The number of nitrogens with zero attached hydrogens (tertiary/aromatic N) is 1. The van der Waals surface area contributed by atoms with Crippen LogP contribution in [0.5, 0.6) is 0 Å². The molecule has 0 aliphatic heterocycles. The summed E-state index contributed by atoms with van der Waals surface area (Å²) < 4.78 is 7.22. The number of hydrogen-bond donors (Lipinski definition) is 0. The number of furan rings is 1. The zero-order valence-corrected chi connectivity index (χ0v) is 16.3. The van der Waals surface area contributed by atoms with Gasteiger partial charge in [0.25, 0.3) is 0 Å². The fraction of sp³-hybridized carbons (Fsp3) is 0.0833. The zero-order chi connectivity index (χ0) is 18.2. The third-order valence-corrected chi connectivity index (χ3v) is 5.47. The van der Waals surface area contributed by atoms with Gasteiger partial charge in [-0.15, -0.1) is 0 Å². The van der Waals surface area contributed by atoms with E-state index in [2.05, 4.69) is 99.7 Å². The fourth-order valence-corrected chi connectivity index (χ4v) is 3.95. The molecule has 1 aliphatic rings. The van der Waals surface area contributed by atoms with E-state index < -0.39 is 0 Å². The maximum Gasteiger partial charge on any atom is 0.137 e. The summed E-state index contributed by atoms with van der Waals surface area (Å²) in [6.45, 7) is 0. The minimum atomic E-state index is 0.935. The lowest BCUT2D eigenvalue weighted by Gasteiger charge is -2.25. The molecule has 1 heterocycles. The van der Waals surface area contributed by atoms with Gasteiger partial charge in [-0.2, -0.15) is 0 Å². The van der Waals surface area contributed by atoms with Crippen LogP contribution in [0.2, 0.25) is 0 Å². The first-order chi connectivity index (χ1) is 13.3. The third kappa shape index (κ3) is 2.98. The molecule has 0 radical (unpaired) electrons. The third-order valence-electron chi connectivity index (χ3n) is 4.94. The van der Waals surface area contributed by atoms with E-state index in [4.69, 9.17) is 4.42 Å². The van der Waals surface area contributed by atoms with Crippen molar-refractivity contribution >= 4 is 56.1 Å². The van der Waals surface area contributed by atoms with Crippen LogP contribution >= 0.6 is 15.9 Å². The molecule has 2 nitrogen and oxygen atoms in total. The zero-order valence-electron chi connectivity index (χ0n) is 14.7. The molecule has 3 aromatic carbocycles. The Hall–Kier alpha value is -2.78. The molecule has 27 heavy (non-hydrogen) atoms. The van der Waals surface area contributed by atoms with Gasteiger partial charge in [-0.1, -0.05) is 40.2 Å². The van der Waals surface area contributed by atoms with Crippen molar-refractivity contribution in [1.82, 2.24) is 0 Å². The molecule has 0 atom stereocenters. The van der Waals surface area contributed by atoms with Gasteiger partial charge >= 0.3 is 0 Å².